The Morgan fingerprint density at radius 1 is 1.45 bits per heavy atom. The van der Waals surface area contributed by atoms with Crippen LogP contribution >= 0.6 is 22.7 Å². The Hall–Kier alpha value is -1.99. The monoisotopic (exact) mass is 305 g/mol. The zero-order valence-corrected chi connectivity index (χ0v) is 12.1. The molecule has 0 saturated heterocycles. The summed E-state index contributed by atoms with van der Waals surface area (Å²) in [5.41, 5.74) is 0.478. The molecular formula is C13H9N2O3S2-. The molecule has 3 aromatic heterocycles. The second kappa shape index (κ2) is 4.84. The van der Waals surface area contributed by atoms with Crippen molar-refractivity contribution in [1.82, 2.24) is 9.55 Å². The second-order valence-corrected chi connectivity index (χ2v) is 6.03. The predicted molar refractivity (Wildman–Crippen MR) is 76.9 cm³/mol. The number of fused-ring (bicyclic) bond motifs is 1. The van der Waals surface area contributed by atoms with Crippen LogP contribution in [0.3, 0.4) is 0 Å². The highest BCUT2D eigenvalue weighted by Crippen LogP contribution is 2.33. The molecule has 0 aromatic carbocycles. The van der Waals surface area contributed by atoms with Crippen molar-refractivity contribution in [3.05, 3.63) is 39.1 Å². The number of aromatic nitrogens is 2. The smallest absolute Gasteiger partial charge is 0.263 e. The number of carboxylic acid groups (broad SMARTS) is 1. The van der Waals surface area contributed by atoms with E-state index < -0.39 is 12.5 Å². The lowest BCUT2D eigenvalue weighted by atomic mass is 10.2. The van der Waals surface area contributed by atoms with Gasteiger partial charge in [0.2, 0.25) is 0 Å². The molecular weight excluding hydrogens is 296 g/mol. The molecule has 3 aromatic rings. The Labute approximate surface area is 121 Å². The molecule has 0 radical (unpaired) electrons. The molecule has 20 heavy (non-hydrogen) atoms. The van der Waals surface area contributed by atoms with Gasteiger partial charge in [-0.05, 0) is 18.4 Å². The molecule has 0 amide bonds. The minimum absolute atomic E-state index is 0.332. The van der Waals surface area contributed by atoms with Crippen LogP contribution in [0.4, 0.5) is 0 Å². The van der Waals surface area contributed by atoms with E-state index in [1.807, 2.05) is 22.9 Å². The average Bonchev–Trinajstić information content (AvgIpc) is 3.01. The van der Waals surface area contributed by atoms with Gasteiger partial charge in [-0.3, -0.25) is 9.36 Å². The van der Waals surface area contributed by atoms with Crippen molar-refractivity contribution < 1.29 is 9.90 Å². The maximum absolute atomic E-state index is 12.5. The molecule has 0 bridgehead atoms. The van der Waals surface area contributed by atoms with Crippen molar-refractivity contribution in [3.63, 3.8) is 0 Å². The topological polar surface area (TPSA) is 75.0 Å². The van der Waals surface area contributed by atoms with Gasteiger partial charge in [-0.15, -0.1) is 22.7 Å². The zero-order valence-electron chi connectivity index (χ0n) is 10.5. The van der Waals surface area contributed by atoms with Crippen LogP contribution in [-0.2, 0) is 11.3 Å². The van der Waals surface area contributed by atoms with Gasteiger partial charge in [-0.25, -0.2) is 4.98 Å². The number of carbonyl (C=O) groups excluding carboxylic acids is 1. The van der Waals surface area contributed by atoms with Gasteiger partial charge >= 0.3 is 0 Å². The quantitative estimate of drug-likeness (QED) is 0.730. The molecule has 5 nitrogen and oxygen atoms in total. The van der Waals surface area contributed by atoms with Gasteiger partial charge in [0.25, 0.3) is 5.56 Å². The lowest BCUT2D eigenvalue weighted by Gasteiger charge is -2.10. The first-order valence-electron chi connectivity index (χ1n) is 5.80. The number of thiophene rings is 2. The van der Waals surface area contributed by atoms with E-state index in [4.69, 9.17) is 0 Å². The van der Waals surface area contributed by atoms with Crippen molar-refractivity contribution in [2.45, 2.75) is 13.5 Å². The summed E-state index contributed by atoms with van der Waals surface area (Å²) in [6.45, 7) is 1.14. The summed E-state index contributed by atoms with van der Waals surface area (Å²) in [6.07, 6.45) is 0. The zero-order chi connectivity index (χ0) is 14.3. The number of hydrogen-bond donors (Lipinski definition) is 0. The molecule has 0 unspecified atom stereocenters. The molecule has 0 atom stereocenters. The Kier molecular flexibility index (Phi) is 3.15. The molecule has 102 valence electrons. The molecule has 0 spiro atoms. The van der Waals surface area contributed by atoms with Crippen molar-refractivity contribution in [1.29, 1.82) is 0 Å². The third kappa shape index (κ3) is 2.04. The Balaban J connectivity index is 2.32. The summed E-state index contributed by atoms with van der Waals surface area (Å²) in [4.78, 5) is 29.2. The highest BCUT2D eigenvalue weighted by molar-refractivity contribution is 7.18. The van der Waals surface area contributed by atoms with Crippen molar-refractivity contribution in [3.8, 4) is 10.4 Å². The van der Waals surface area contributed by atoms with Crippen LogP contribution in [0.1, 0.15) is 5.82 Å². The van der Waals surface area contributed by atoms with Crippen LogP contribution in [0.2, 0.25) is 0 Å². The number of carbonyl (C=O) groups is 1. The highest BCUT2D eigenvalue weighted by atomic mass is 32.1. The fraction of sp³-hybridized carbons (Fsp3) is 0.154. The first-order valence-corrected chi connectivity index (χ1v) is 7.56. The first kappa shape index (κ1) is 13.0. The molecule has 0 aliphatic heterocycles. The van der Waals surface area contributed by atoms with E-state index in [0.29, 0.717) is 16.0 Å². The average molecular weight is 305 g/mol. The number of nitrogens with zero attached hydrogens (tertiary/aromatic N) is 2. The largest absolute Gasteiger partial charge is 0.548 e. The van der Waals surface area contributed by atoms with Crippen LogP contribution in [0, 0.1) is 6.92 Å². The van der Waals surface area contributed by atoms with Crippen molar-refractivity contribution in [2.75, 3.05) is 0 Å². The van der Waals surface area contributed by atoms with E-state index >= 15 is 0 Å². The normalized spacial score (nSPS) is 11.1. The standard InChI is InChI=1S/C13H10N2O3S2/c1-7-14-12-11(13(18)15(7)5-10(16)17)8(6-20-12)9-3-2-4-19-9/h2-4,6H,5H2,1H3,(H,16,17)/p-1. The van der Waals surface area contributed by atoms with Gasteiger partial charge < -0.3 is 9.90 Å². The summed E-state index contributed by atoms with van der Waals surface area (Å²) in [5.74, 6) is -0.921. The molecule has 0 fully saturated rings. The number of rotatable bonds is 3. The van der Waals surface area contributed by atoms with Gasteiger partial charge in [0.15, 0.2) is 0 Å². The number of hydrogen-bond acceptors (Lipinski definition) is 6. The first-order chi connectivity index (χ1) is 9.58. The summed E-state index contributed by atoms with van der Waals surface area (Å²) in [5, 5.41) is 15.1. The number of aryl methyl sites for hydroxylation is 1. The summed E-state index contributed by atoms with van der Waals surface area (Å²) >= 11 is 2.92. The van der Waals surface area contributed by atoms with Gasteiger partial charge in [0.05, 0.1) is 17.9 Å². The maximum atomic E-state index is 12.5. The van der Waals surface area contributed by atoms with Crippen LogP contribution in [0.15, 0.2) is 27.7 Å². The minimum atomic E-state index is -1.30. The van der Waals surface area contributed by atoms with E-state index in [1.165, 1.54) is 22.7 Å². The SMILES string of the molecule is Cc1nc2scc(-c3cccs3)c2c(=O)n1CC(=O)[O-]. The lowest BCUT2D eigenvalue weighted by Crippen LogP contribution is -2.34. The van der Waals surface area contributed by atoms with E-state index in [0.717, 1.165) is 15.0 Å². The van der Waals surface area contributed by atoms with Crippen molar-refractivity contribution >= 4 is 38.9 Å². The second-order valence-electron chi connectivity index (χ2n) is 4.23. The van der Waals surface area contributed by atoms with Crippen LogP contribution in [0.25, 0.3) is 20.7 Å². The van der Waals surface area contributed by atoms with E-state index in [1.54, 1.807) is 6.92 Å². The molecule has 0 saturated carbocycles. The Bertz CT molecular complexity index is 846. The molecule has 0 aliphatic rings. The van der Waals surface area contributed by atoms with Crippen LogP contribution < -0.4 is 10.7 Å². The fourth-order valence-electron chi connectivity index (χ4n) is 2.05. The summed E-state index contributed by atoms with van der Waals surface area (Å²) < 4.78 is 1.14. The van der Waals surface area contributed by atoms with Crippen molar-refractivity contribution in [2.24, 2.45) is 0 Å². The van der Waals surface area contributed by atoms with E-state index in [9.17, 15) is 14.7 Å². The third-order valence-electron chi connectivity index (χ3n) is 2.96. The molecule has 3 rings (SSSR count). The number of carboxylic acids is 1. The fourth-order valence-corrected chi connectivity index (χ4v) is 3.85. The summed E-state index contributed by atoms with van der Waals surface area (Å²) in [6, 6.07) is 3.83. The minimum Gasteiger partial charge on any atom is -0.548 e. The van der Waals surface area contributed by atoms with Gasteiger partial charge in [0, 0.05) is 15.8 Å². The van der Waals surface area contributed by atoms with Gasteiger partial charge in [-0.1, -0.05) is 6.07 Å². The van der Waals surface area contributed by atoms with Gasteiger partial charge in [0.1, 0.15) is 10.7 Å². The van der Waals surface area contributed by atoms with E-state index in [2.05, 4.69) is 4.98 Å². The van der Waals surface area contributed by atoms with Crippen LogP contribution in [0.5, 0.6) is 0 Å². The molecule has 7 heteroatoms. The molecule has 3 heterocycles. The highest BCUT2D eigenvalue weighted by Gasteiger charge is 2.15. The Morgan fingerprint density at radius 3 is 2.90 bits per heavy atom. The lowest BCUT2D eigenvalue weighted by molar-refractivity contribution is -0.306. The predicted octanol–water partition coefficient (Wildman–Crippen LogP) is 1.24. The molecule has 0 N–H and O–H groups in total. The summed E-state index contributed by atoms with van der Waals surface area (Å²) in [7, 11) is 0. The van der Waals surface area contributed by atoms with Gasteiger partial charge in [-0.2, -0.15) is 0 Å². The van der Waals surface area contributed by atoms with E-state index in [-0.39, 0.29) is 5.56 Å². The Morgan fingerprint density at radius 2 is 2.25 bits per heavy atom. The maximum Gasteiger partial charge on any atom is 0.263 e. The number of aliphatic carboxylic acids is 1. The molecule has 0 aliphatic carbocycles. The third-order valence-corrected chi connectivity index (χ3v) is 4.73. The van der Waals surface area contributed by atoms with Crippen LogP contribution in [-0.4, -0.2) is 15.5 Å².